The van der Waals surface area contributed by atoms with Crippen molar-refractivity contribution in [2.24, 2.45) is 5.41 Å². The lowest BCUT2D eigenvalue weighted by atomic mass is 9.75. The Morgan fingerprint density at radius 2 is 2.03 bits per heavy atom. The van der Waals surface area contributed by atoms with Crippen molar-refractivity contribution in [3.05, 3.63) is 41.5 Å². The molecule has 7 heteroatoms. The predicted molar refractivity (Wildman–Crippen MR) is 131 cm³/mol. The molecule has 2 heterocycles. The van der Waals surface area contributed by atoms with E-state index in [4.69, 9.17) is 5.73 Å². The second-order valence-electron chi connectivity index (χ2n) is 10.1. The number of aryl methyl sites for hydroxylation is 1. The number of anilines is 1. The summed E-state index contributed by atoms with van der Waals surface area (Å²) >= 11 is 1.82. The van der Waals surface area contributed by atoms with E-state index in [1.54, 1.807) is 6.33 Å². The SMILES string of the molecule is Cc1cn(-c2ccc3c(N)ncnc3c2SCCN(C)C2CC2)c2c1C(=O)CC(C)(C)C2. The first-order chi connectivity index (χ1) is 15.2. The van der Waals surface area contributed by atoms with Crippen LogP contribution in [0.1, 0.15) is 54.7 Å². The fraction of sp³-hybridized carbons (Fsp3) is 0.480. The summed E-state index contributed by atoms with van der Waals surface area (Å²) in [5.74, 6) is 1.72. The van der Waals surface area contributed by atoms with E-state index < -0.39 is 0 Å². The first-order valence-corrected chi connectivity index (χ1v) is 12.3. The molecule has 1 aromatic carbocycles. The molecule has 0 unspecified atom stereocenters. The molecular formula is C25H31N5OS. The zero-order valence-electron chi connectivity index (χ0n) is 19.3. The van der Waals surface area contributed by atoms with E-state index in [0.29, 0.717) is 12.2 Å². The maximum atomic E-state index is 13.0. The molecule has 2 aliphatic carbocycles. The highest BCUT2D eigenvalue weighted by molar-refractivity contribution is 7.99. The summed E-state index contributed by atoms with van der Waals surface area (Å²) in [6.45, 7) is 7.43. The van der Waals surface area contributed by atoms with Gasteiger partial charge in [-0.05, 0) is 56.3 Å². The number of fused-ring (bicyclic) bond motifs is 2. The number of benzene rings is 1. The van der Waals surface area contributed by atoms with Gasteiger partial charge in [0, 0.05) is 47.6 Å². The van der Waals surface area contributed by atoms with Crippen LogP contribution in [-0.4, -0.2) is 50.6 Å². The van der Waals surface area contributed by atoms with Crippen molar-refractivity contribution >= 4 is 34.3 Å². The Bertz CT molecular complexity index is 1210. The number of nitrogens with zero attached hydrogens (tertiary/aromatic N) is 4. The molecule has 0 aliphatic heterocycles. The van der Waals surface area contributed by atoms with Crippen LogP contribution in [0.4, 0.5) is 5.82 Å². The second kappa shape index (κ2) is 7.89. The van der Waals surface area contributed by atoms with E-state index in [0.717, 1.165) is 63.1 Å². The highest BCUT2D eigenvalue weighted by Gasteiger charge is 2.35. The van der Waals surface area contributed by atoms with Crippen molar-refractivity contribution in [3.63, 3.8) is 0 Å². The van der Waals surface area contributed by atoms with E-state index in [2.05, 4.69) is 52.6 Å². The minimum absolute atomic E-state index is 0.0453. The van der Waals surface area contributed by atoms with Gasteiger partial charge in [0.15, 0.2) is 5.78 Å². The monoisotopic (exact) mass is 449 g/mol. The van der Waals surface area contributed by atoms with Crippen LogP contribution in [0.5, 0.6) is 0 Å². The van der Waals surface area contributed by atoms with Gasteiger partial charge in [0.05, 0.1) is 16.1 Å². The molecule has 168 valence electrons. The van der Waals surface area contributed by atoms with Gasteiger partial charge in [0.2, 0.25) is 0 Å². The molecule has 6 nitrogen and oxygen atoms in total. The van der Waals surface area contributed by atoms with Crippen molar-refractivity contribution < 1.29 is 4.79 Å². The van der Waals surface area contributed by atoms with Crippen molar-refractivity contribution in [1.29, 1.82) is 0 Å². The normalized spacial score (nSPS) is 17.8. The number of nitrogen functional groups attached to an aromatic ring is 1. The molecular weight excluding hydrogens is 418 g/mol. The molecule has 0 radical (unpaired) electrons. The van der Waals surface area contributed by atoms with Gasteiger partial charge in [0.25, 0.3) is 0 Å². The maximum absolute atomic E-state index is 13.0. The van der Waals surface area contributed by atoms with Crippen LogP contribution in [0.15, 0.2) is 29.6 Å². The molecule has 0 atom stereocenters. The maximum Gasteiger partial charge on any atom is 0.165 e. The Kier molecular flexibility index (Phi) is 5.29. The molecule has 32 heavy (non-hydrogen) atoms. The van der Waals surface area contributed by atoms with Crippen LogP contribution in [0.25, 0.3) is 16.6 Å². The smallest absolute Gasteiger partial charge is 0.165 e. The largest absolute Gasteiger partial charge is 0.383 e. The zero-order valence-corrected chi connectivity index (χ0v) is 20.1. The lowest BCUT2D eigenvalue weighted by Crippen LogP contribution is -2.28. The standard InChI is InChI=1S/C25H31N5OS/c1-15-13-30(19-11-25(2,3)12-20(31)21(15)19)18-8-7-17-22(27-14-28-24(17)26)23(18)32-10-9-29(4)16-5-6-16/h7-8,13-14,16H,5-6,9-12H2,1-4H3,(H2,26,27,28). The van der Waals surface area contributed by atoms with E-state index >= 15 is 0 Å². The number of ketones is 1. The Balaban J connectivity index is 1.61. The van der Waals surface area contributed by atoms with Crippen molar-refractivity contribution in [2.75, 3.05) is 25.1 Å². The summed E-state index contributed by atoms with van der Waals surface area (Å²) in [5.41, 5.74) is 11.2. The third kappa shape index (κ3) is 3.82. The van der Waals surface area contributed by atoms with Gasteiger partial charge in [-0.15, -0.1) is 11.8 Å². The first-order valence-electron chi connectivity index (χ1n) is 11.4. The van der Waals surface area contributed by atoms with Gasteiger partial charge in [0.1, 0.15) is 12.1 Å². The second-order valence-corrected chi connectivity index (χ2v) is 11.2. The number of rotatable bonds is 6. The molecule has 1 saturated carbocycles. The van der Waals surface area contributed by atoms with Crippen LogP contribution >= 0.6 is 11.8 Å². The fourth-order valence-corrected chi connectivity index (χ4v) is 6.12. The summed E-state index contributed by atoms with van der Waals surface area (Å²) in [6, 6.07) is 4.87. The van der Waals surface area contributed by atoms with Crippen molar-refractivity contribution in [1.82, 2.24) is 19.4 Å². The number of hydrogen-bond acceptors (Lipinski definition) is 6. The predicted octanol–water partition coefficient (Wildman–Crippen LogP) is 4.65. The van der Waals surface area contributed by atoms with E-state index in [1.165, 1.54) is 12.8 Å². The lowest BCUT2D eigenvalue weighted by molar-refractivity contribution is 0.0910. The summed E-state index contributed by atoms with van der Waals surface area (Å²) in [6.07, 6.45) is 7.76. The van der Waals surface area contributed by atoms with Gasteiger partial charge in [-0.1, -0.05) is 13.8 Å². The molecule has 2 aliphatic rings. The number of carbonyl (C=O) groups excluding carboxylic acids is 1. The van der Waals surface area contributed by atoms with Crippen molar-refractivity contribution in [3.8, 4) is 5.69 Å². The average molecular weight is 450 g/mol. The Hall–Kier alpha value is -2.38. The van der Waals surface area contributed by atoms with Crippen LogP contribution in [0.3, 0.4) is 0 Å². The van der Waals surface area contributed by atoms with E-state index in [9.17, 15) is 4.79 Å². The molecule has 0 bridgehead atoms. The van der Waals surface area contributed by atoms with E-state index in [1.807, 2.05) is 24.8 Å². The van der Waals surface area contributed by atoms with E-state index in [-0.39, 0.29) is 11.2 Å². The molecule has 0 spiro atoms. The van der Waals surface area contributed by atoms with Crippen LogP contribution in [0, 0.1) is 12.3 Å². The fourth-order valence-electron chi connectivity index (χ4n) is 4.93. The number of nitrogens with two attached hydrogens (primary N) is 1. The first kappa shape index (κ1) is 21.5. The quantitative estimate of drug-likeness (QED) is 0.552. The van der Waals surface area contributed by atoms with Gasteiger partial charge >= 0.3 is 0 Å². The summed E-state index contributed by atoms with van der Waals surface area (Å²) in [4.78, 5) is 25.3. The third-order valence-corrected chi connectivity index (χ3v) is 7.83. The molecule has 5 rings (SSSR count). The van der Waals surface area contributed by atoms with Crippen LogP contribution in [0.2, 0.25) is 0 Å². The number of hydrogen-bond donors (Lipinski definition) is 1. The Labute approximate surface area is 193 Å². The number of carbonyl (C=O) groups is 1. The molecule has 1 fully saturated rings. The van der Waals surface area contributed by atoms with Gasteiger partial charge in [-0.3, -0.25) is 4.79 Å². The van der Waals surface area contributed by atoms with Gasteiger partial charge < -0.3 is 15.2 Å². The summed E-state index contributed by atoms with van der Waals surface area (Å²) in [5, 5.41) is 0.878. The Morgan fingerprint density at radius 1 is 1.25 bits per heavy atom. The minimum Gasteiger partial charge on any atom is -0.383 e. The van der Waals surface area contributed by atoms with Crippen molar-refractivity contribution in [2.45, 2.75) is 57.4 Å². The lowest BCUT2D eigenvalue weighted by Gasteiger charge is -2.30. The summed E-state index contributed by atoms with van der Waals surface area (Å²) in [7, 11) is 2.21. The summed E-state index contributed by atoms with van der Waals surface area (Å²) < 4.78 is 2.23. The highest BCUT2D eigenvalue weighted by atomic mass is 32.2. The molecule has 2 N–H and O–H groups in total. The minimum atomic E-state index is -0.0453. The zero-order chi connectivity index (χ0) is 22.6. The van der Waals surface area contributed by atoms with Gasteiger partial charge in [-0.25, -0.2) is 9.97 Å². The number of Topliss-reactive ketones (excluding diaryl/α,β-unsaturated/α-hetero) is 1. The molecule has 3 aromatic rings. The molecule has 0 saturated heterocycles. The average Bonchev–Trinajstić information content (AvgIpc) is 3.52. The Morgan fingerprint density at radius 3 is 2.78 bits per heavy atom. The highest BCUT2D eigenvalue weighted by Crippen LogP contribution is 2.41. The van der Waals surface area contributed by atoms with Gasteiger partial charge in [-0.2, -0.15) is 0 Å². The number of aromatic nitrogens is 3. The molecule has 2 aromatic heterocycles. The molecule has 0 amide bonds. The number of thioether (sulfide) groups is 1. The van der Waals surface area contributed by atoms with Crippen LogP contribution in [-0.2, 0) is 6.42 Å². The topological polar surface area (TPSA) is 77.0 Å². The third-order valence-electron chi connectivity index (χ3n) is 6.75. The van der Waals surface area contributed by atoms with Crippen LogP contribution < -0.4 is 5.73 Å².